The molecule has 1 aromatic heterocycles. The predicted molar refractivity (Wildman–Crippen MR) is 71.3 cm³/mol. The lowest BCUT2D eigenvalue weighted by Gasteiger charge is -2.09. The van der Waals surface area contributed by atoms with Crippen molar-refractivity contribution in [2.24, 2.45) is 0 Å². The summed E-state index contributed by atoms with van der Waals surface area (Å²) in [4.78, 5) is 12.2. The van der Waals surface area contributed by atoms with Gasteiger partial charge in [-0.3, -0.25) is 0 Å². The molecule has 0 fully saturated rings. The van der Waals surface area contributed by atoms with Crippen LogP contribution < -0.4 is 10.5 Å². The van der Waals surface area contributed by atoms with Crippen molar-refractivity contribution in [1.29, 1.82) is 0 Å². The summed E-state index contributed by atoms with van der Waals surface area (Å²) >= 11 is 1.65. The molecule has 1 aromatic carbocycles. The van der Waals surface area contributed by atoms with Crippen LogP contribution in [0.4, 0.5) is 5.69 Å². The molecule has 94 valence electrons. The molecule has 0 radical (unpaired) electrons. The number of nitrogens with two attached hydrogens (primary N) is 1. The van der Waals surface area contributed by atoms with Gasteiger partial charge in [0, 0.05) is 17.0 Å². The lowest BCUT2D eigenvalue weighted by atomic mass is 10.2. The van der Waals surface area contributed by atoms with Gasteiger partial charge < -0.3 is 15.6 Å². The zero-order valence-corrected chi connectivity index (χ0v) is 10.4. The molecule has 0 aliphatic heterocycles. The van der Waals surface area contributed by atoms with E-state index in [9.17, 15) is 4.79 Å². The first kappa shape index (κ1) is 12.4. The number of hydrogen-bond acceptors (Lipinski definition) is 4. The molecule has 0 saturated carbocycles. The minimum Gasteiger partial charge on any atom is -0.492 e. The van der Waals surface area contributed by atoms with Crippen LogP contribution >= 0.6 is 11.3 Å². The fourth-order valence-corrected chi connectivity index (χ4v) is 2.25. The smallest absolute Gasteiger partial charge is 0.339 e. The zero-order chi connectivity index (χ0) is 13.0. The molecule has 2 aromatic rings. The molecular formula is C13H13NO3S. The van der Waals surface area contributed by atoms with Crippen LogP contribution in [0.3, 0.4) is 0 Å². The summed E-state index contributed by atoms with van der Waals surface area (Å²) in [6.45, 7) is 0.449. The summed E-state index contributed by atoms with van der Waals surface area (Å²) in [5.41, 5.74) is 6.07. The van der Waals surface area contributed by atoms with E-state index in [4.69, 9.17) is 15.6 Å². The highest BCUT2D eigenvalue weighted by Gasteiger charge is 2.11. The maximum Gasteiger partial charge on any atom is 0.339 e. The van der Waals surface area contributed by atoms with Gasteiger partial charge in [0.1, 0.15) is 11.3 Å². The van der Waals surface area contributed by atoms with Gasteiger partial charge in [0.25, 0.3) is 0 Å². The quantitative estimate of drug-likeness (QED) is 0.813. The minimum absolute atomic E-state index is 0.0983. The molecule has 2 rings (SSSR count). The second-order valence-corrected chi connectivity index (χ2v) is 4.77. The van der Waals surface area contributed by atoms with Crippen molar-refractivity contribution in [2.45, 2.75) is 6.42 Å². The van der Waals surface area contributed by atoms with E-state index in [-0.39, 0.29) is 5.56 Å². The summed E-state index contributed by atoms with van der Waals surface area (Å²) in [5.74, 6) is -0.679. The van der Waals surface area contributed by atoms with Crippen molar-refractivity contribution in [1.82, 2.24) is 0 Å². The first-order chi connectivity index (χ1) is 8.66. The van der Waals surface area contributed by atoms with Crippen molar-refractivity contribution < 1.29 is 14.6 Å². The molecule has 3 N–H and O–H groups in total. The van der Waals surface area contributed by atoms with Crippen LogP contribution in [0.2, 0.25) is 0 Å². The SMILES string of the molecule is Nc1ccc(OCCc2cccs2)c(C(=O)O)c1. The monoisotopic (exact) mass is 263 g/mol. The highest BCUT2D eigenvalue weighted by Crippen LogP contribution is 2.22. The number of thiophene rings is 1. The van der Waals surface area contributed by atoms with Gasteiger partial charge in [0.2, 0.25) is 0 Å². The number of carbonyl (C=O) groups is 1. The Kier molecular flexibility index (Phi) is 3.84. The maximum atomic E-state index is 11.0. The Morgan fingerprint density at radius 2 is 2.22 bits per heavy atom. The summed E-state index contributed by atoms with van der Waals surface area (Å²) < 4.78 is 5.50. The number of nitrogen functional groups attached to an aromatic ring is 1. The molecule has 5 heteroatoms. The number of rotatable bonds is 5. The molecule has 4 nitrogen and oxygen atoms in total. The van der Waals surface area contributed by atoms with Crippen molar-refractivity contribution in [3.63, 3.8) is 0 Å². The third-order valence-corrected chi connectivity index (χ3v) is 3.36. The maximum absolute atomic E-state index is 11.0. The summed E-state index contributed by atoms with van der Waals surface area (Å²) in [6, 6.07) is 8.63. The lowest BCUT2D eigenvalue weighted by molar-refractivity contribution is 0.0692. The van der Waals surface area contributed by atoms with Crippen LogP contribution in [-0.2, 0) is 6.42 Å². The van der Waals surface area contributed by atoms with Gasteiger partial charge in [-0.25, -0.2) is 4.79 Å². The van der Waals surface area contributed by atoms with Gasteiger partial charge in [-0.1, -0.05) is 6.07 Å². The van der Waals surface area contributed by atoms with Gasteiger partial charge >= 0.3 is 5.97 Å². The molecule has 0 spiro atoms. The van der Waals surface area contributed by atoms with Gasteiger partial charge in [-0.2, -0.15) is 0 Å². The number of aromatic carboxylic acids is 1. The zero-order valence-electron chi connectivity index (χ0n) is 9.63. The largest absolute Gasteiger partial charge is 0.492 e. The second-order valence-electron chi connectivity index (χ2n) is 3.74. The van der Waals surface area contributed by atoms with Crippen LogP contribution in [-0.4, -0.2) is 17.7 Å². The third-order valence-electron chi connectivity index (χ3n) is 2.42. The van der Waals surface area contributed by atoms with Gasteiger partial charge in [0.15, 0.2) is 0 Å². The van der Waals surface area contributed by atoms with Crippen LogP contribution in [0.5, 0.6) is 5.75 Å². The van der Waals surface area contributed by atoms with Gasteiger partial charge in [-0.15, -0.1) is 11.3 Å². The fourth-order valence-electron chi connectivity index (χ4n) is 1.56. The average molecular weight is 263 g/mol. The number of hydrogen-bond donors (Lipinski definition) is 2. The van der Waals surface area contributed by atoms with E-state index in [1.165, 1.54) is 10.9 Å². The normalized spacial score (nSPS) is 10.2. The Morgan fingerprint density at radius 1 is 1.39 bits per heavy atom. The van der Waals surface area contributed by atoms with E-state index in [1.54, 1.807) is 23.5 Å². The van der Waals surface area contributed by atoms with Crippen LogP contribution in [0.15, 0.2) is 35.7 Å². The van der Waals surface area contributed by atoms with E-state index in [2.05, 4.69) is 0 Å². The third kappa shape index (κ3) is 3.01. The first-order valence-electron chi connectivity index (χ1n) is 5.45. The molecule has 0 amide bonds. The van der Waals surface area contributed by atoms with E-state index < -0.39 is 5.97 Å². The summed E-state index contributed by atoms with van der Waals surface area (Å²) in [7, 11) is 0. The summed E-state index contributed by atoms with van der Waals surface area (Å²) in [6.07, 6.45) is 0.765. The average Bonchev–Trinajstić information content (AvgIpc) is 2.84. The fraction of sp³-hybridized carbons (Fsp3) is 0.154. The molecule has 0 unspecified atom stereocenters. The molecule has 0 bridgehead atoms. The Morgan fingerprint density at radius 3 is 2.89 bits per heavy atom. The van der Waals surface area contributed by atoms with Gasteiger partial charge in [-0.05, 0) is 29.6 Å². The van der Waals surface area contributed by atoms with Gasteiger partial charge in [0.05, 0.1) is 6.61 Å². The molecular weight excluding hydrogens is 250 g/mol. The lowest BCUT2D eigenvalue weighted by Crippen LogP contribution is -2.06. The standard InChI is InChI=1S/C13H13NO3S/c14-9-3-4-12(11(8-9)13(15)16)17-6-5-10-2-1-7-18-10/h1-4,7-8H,5-6,14H2,(H,15,16). The Bertz CT molecular complexity index is 537. The first-order valence-corrected chi connectivity index (χ1v) is 6.33. The molecule has 0 saturated heterocycles. The molecule has 0 atom stereocenters. The van der Waals surface area contributed by atoms with Crippen LogP contribution in [0, 0.1) is 0 Å². The Balaban J connectivity index is 2.02. The highest BCUT2D eigenvalue weighted by molar-refractivity contribution is 7.09. The number of anilines is 1. The number of benzene rings is 1. The Hall–Kier alpha value is -2.01. The number of carboxylic acid groups (broad SMARTS) is 1. The van der Waals surface area contributed by atoms with Crippen molar-refractivity contribution in [3.8, 4) is 5.75 Å². The van der Waals surface area contributed by atoms with E-state index >= 15 is 0 Å². The number of ether oxygens (including phenoxy) is 1. The molecule has 18 heavy (non-hydrogen) atoms. The minimum atomic E-state index is -1.03. The molecule has 0 aliphatic carbocycles. The number of carboxylic acids is 1. The van der Waals surface area contributed by atoms with E-state index in [0.29, 0.717) is 18.0 Å². The van der Waals surface area contributed by atoms with Crippen LogP contribution in [0.25, 0.3) is 0 Å². The molecule has 1 heterocycles. The van der Waals surface area contributed by atoms with Crippen molar-refractivity contribution >= 4 is 23.0 Å². The Labute approximate surface area is 109 Å². The second kappa shape index (κ2) is 5.55. The topological polar surface area (TPSA) is 72.5 Å². The van der Waals surface area contributed by atoms with E-state index in [0.717, 1.165) is 6.42 Å². The summed E-state index contributed by atoms with van der Waals surface area (Å²) in [5, 5.41) is 11.0. The van der Waals surface area contributed by atoms with Crippen molar-refractivity contribution in [2.75, 3.05) is 12.3 Å². The molecule has 0 aliphatic rings. The predicted octanol–water partition coefficient (Wildman–Crippen LogP) is 2.65. The van der Waals surface area contributed by atoms with Crippen molar-refractivity contribution in [3.05, 3.63) is 46.2 Å². The highest BCUT2D eigenvalue weighted by atomic mass is 32.1. The van der Waals surface area contributed by atoms with Crippen LogP contribution in [0.1, 0.15) is 15.2 Å². The van der Waals surface area contributed by atoms with E-state index in [1.807, 2.05) is 17.5 Å².